The van der Waals surface area contributed by atoms with Crippen molar-refractivity contribution in [1.29, 1.82) is 0 Å². The first-order valence-electron chi connectivity index (χ1n) is 11.0. The van der Waals surface area contributed by atoms with E-state index in [4.69, 9.17) is 0 Å². The number of halogens is 2. The number of amides is 3. The molecule has 4 rings (SSSR count). The van der Waals surface area contributed by atoms with E-state index in [0.717, 1.165) is 36.0 Å². The van der Waals surface area contributed by atoms with Crippen LogP contribution in [0.25, 0.3) is 0 Å². The molecule has 0 saturated carbocycles. The number of hydrogen-bond acceptors (Lipinski definition) is 3. The number of benzene rings is 2. The van der Waals surface area contributed by atoms with Crippen molar-refractivity contribution in [2.24, 2.45) is 5.92 Å². The van der Waals surface area contributed by atoms with Crippen LogP contribution in [-0.2, 0) is 4.79 Å². The van der Waals surface area contributed by atoms with Gasteiger partial charge in [0.05, 0.1) is 12.1 Å². The number of rotatable bonds is 5. The SMILES string of the molecule is C[C@H]1[C@@H](c2ccccc2)N(C(=O)C[C@@H](c2cc(F)cc(F)c2)C2CCSCC2)C(=O)N1C. The van der Waals surface area contributed by atoms with Crippen molar-refractivity contribution in [3.05, 3.63) is 71.3 Å². The minimum Gasteiger partial charge on any atom is -0.322 e. The van der Waals surface area contributed by atoms with Gasteiger partial charge in [0.2, 0.25) is 5.91 Å². The summed E-state index contributed by atoms with van der Waals surface area (Å²) in [6, 6.07) is 12.1. The van der Waals surface area contributed by atoms with Crippen molar-refractivity contribution in [3.8, 4) is 0 Å². The van der Waals surface area contributed by atoms with Gasteiger partial charge in [-0.3, -0.25) is 9.69 Å². The number of hydrogen-bond donors (Lipinski definition) is 0. The second kappa shape index (κ2) is 9.61. The number of carbonyl (C=O) groups is 2. The summed E-state index contributed by atoms with van der Waals surface area (Å²) >= 11 is 1.86. The molecule has 0 spiro atoms. The Morgan fingerprint density at radius 1 is 1.09 bits per heavy atom. The van der Waals surface area contributed by atoms with E-state index in [1.165, 1.54) is 17.0 Å². The lowest BCUT2D eigenvalue weighted by atomic mass is 9.79. The molecule has 0 aliphatic carbocycles. The van der Waals surface area contributed by atoms with E-state index < -0.39 is 17.7 Å². The van der Waals surface area contributed by atoms with Crippen LogP contribution < -0.4 is 0 Å². The van der Waals surface area contributed by atoms with Gasteiger partial charge in [-0.2, -0.15) is 11.8 Å². The third-order valence-corrected chi connectivity index (χ3v) is 7.85. The molecule has 2 saturated heterocycles. The Morgan fingerprint density at radius 3 is 2.34 bits per heavy atom. The van der Waals surface area contributed by atoms with E-state index in [1.54, 1.807) is 11.9 Å². The maximum Gasteiger partial charge on any atom is 0.327 e. The number of nitrogens with zero attached hydrogens (tertiary/aromatic N) is 2. The van der Waals surface area contributed by atoms with Crippen molar-refractivity contribution in [2.75, 3.05) is 18.6 Å². The van der Waals surface area contributed by atoms with E-state index >= 15 is 0 Å². The first kappa shape index (κ1) is 22.8. The van der Waals surface area contributed by atoms with Crippen LogP contribution in [-0.4, -0.2) is 46.3 Å². The van der Waals surface area contributed by atoms with Gasteiger partial charge >= 0.3 is 6.03 Å². The number of urea groups is 1. The number of carbonyl (C=O) groups excluding carboxylic acids is 2. The fourth-order valence-corrected chi connectivity index (χ4v) is 6.12. The van der Waals surface area contributed by atoms with Crippen LogP contribution in [0.2, 0.25) is 0 Å². The molecular weight excluding hydrogens is 430 g/mol. The van der Waals surface area contributed by atoms with Crippen LogP contribution in [0.5, 0.6) is 0 Å². The van der Waals surface area contributed by atoms with Gasteiger partial charge in [-0.25, -0.2) is 13.6 Å². The normalized spacial score (nSPS) is 22.9. The summed E-state index contributed by atoms with van der Waals surface area (Å²) in [7, 11) is 1.70. The molecule has 2 aromatic rings. The summed E-state index contributed by atoms with van der Waals surface area (Å²) in [5.74, 6) is 0.145. The highest BCUT2D eigenvalue weighted by molar-refractivity contribution is 7.99. The Balaban J connectivity index is 1.66. The van der Waals surface area contributed by atoms with Gasteiger partial charge in [-0.05, 0) is 66.4 Å². The average molecular weight is 459 g/mol. The molecule has 32 heavy (non-hydrogen) atoms. The van der Waals surface area contributed by atoms with Crippen LogP contribution in [0.3, 0.4) is 0 Å². The third kappa shape index (κ3) is 4.53. The zero-order chi connectivity index (χ0) is 22.8. The maximum absolute atomic E-state index is 14.0. The summed E-state index contributed by atoms with van der Waals surface area (Å²) < 4.78 is 28.1. The average Bonchev–Trinajstić information content (AvgIpc) is 3.02. The van der Waals surface area contributed by atoms with E-state index in [1.807, 2.05) is 49.0 Å². The van der Waals surface area contributed by atoms with E-state index in [9.17, 15) is 18.4 Å². The van der Waals surface area contributed by atoms with Crippen LogP contribution in [0.1, 0.15) is 49.3 Å². The molecule has 7 heteroatoms. The van der Waals surface area contributed by atoms with Crippen molar-refractivity contribution in [3.63, 3.8) is 0 Å². The van der Waals surface area contributed by atoms with Gasteiger partial charge in [-0.15, -0.1) is 0 Å². The minimum absolute atomic E-state index is 0.0495. The van der Waals surface area contributed by atoms with E-state index in [-0.39, 0.29) is 36.2 Å². The van der Waals surface area contributed by atoms with Gasteiger partial charge in [-0.1, -0.05) is 30.3 Å². The summed E-state index contributed by atoms with van der Waals surface area (Å²) in [4.78, 5) is 29.6. The fourth-order valence-electron chi connectivity index (χ4n) is 4.98. The van der Waals surface area contributed by atoms with Crippen molar-refractivity contribution < 1.29 is 18.4 Å². The van der Waals surface area contributed by atoms with E-state index in [0.29, 0.717) is 5.56 Å². The lowest BCUT2D eigenvalue weighted by molar-refractivity contribution is -0.130. The maximum atomic E-state index is 14.0. The second-order valence-corrected chi connectivity index (χ2v) is 9.94. The minimum atomic E-state index is -0.643. The monoisotopic (exact) mass is 458 g/mol. The van der Waals surface area contributed by atoms with Crippen LogP contribution in [0.4, 0.5) is 13.6 Å². The lowest BCUT2D eigenvalue weighted by Gasteiger charge is -2.32. The number of thioether (sulfide) groups is 1. The predicted octanol–water partition coefficient (Wildman–Crippen LogP) is 5.61. The van der Waals surface area contributed by atoms with Crippen LogP contribution in [0.15, 0.2) is 48.5 Å². The van der Waals surface area contributed by atoms with Crippen LogP contribution >= 0.6 is 11.8 Å². The van der Waals surface area contributed by atoms with Crippen LogP contribution in [0, 0.1) is 17.6 Å². The molecule has 170 valence electrons. The fraction of sp³-hybridized carbons (Fsp3) is 0.440. The molecule has 2 aromatic carbocycles. The summed E-state index contributed by atoms with van der Waals surface area (Å²) in [5, 5.41) is 0. The molecule has 0 unspecified atom stereocenters. The Hall–Kier alpha value is -2.41. The number of likely N-dealkylation sites (N-methyl/N-ethyl adjacent to an activating group) is 1. The topological polar surface area (TPSA) is 40.6 Å². The van der Waals surface area contributed by atoms with Crippen molar-refractivity contribution in [2.45, 2.75) is 44.2 Å². The summed E-state index contributed by atoms with van der Waals surface area (Å²) in [6.07, 6.45) is 1.81. The zero-order valence-electron chi connectivity index (χ0n) is 18.3. The summed E-state index contributed by atoms with van der Waals surface area (Å²) in [6.45, 7) is 1.93. The number of imide groups is 1. The zero-order valence-corrected chi connectivity index (χ0v) is 19.2. The van der Waals surface area contributed by atoms with Gasteiger partial charge in [0.1, 0.15) is 11.6 Å². The van der Waals surface area contributed by atoms with Crippen molar-refractivity contribution in [1.82, 2.24) is 9.80 Å². The molecule has 2 aliphatic heterocycles. The van der Waals surface area contributed by atoms with Gasteiger partial charge < -0.3 is 4.90 Å². The van der Waals surface area contributed by atoms with Gasteiger partial charge in [0.15, 0.2) is 0 Å². The smallest absolute Gasteiger partial charge is 0.322 e. The molecule has 2 aliphatic rings. The highest BCUT2D eigenvalue weighted by Gasteiger charge is 2.46. The second-order valence-electron chi connectivity index (χ2n) is 8.72. The molecule has 0 bridgehead atoms. The Morgan fingerprint density at radius 2 is 1.72 bits per heavy atom. The Labute approximate surface area is 192 Å². The van der Waals surface area contributed by atoms with Gasteiger partial charge in [0.25, 0.3) is 0 Å². The largest absolute Gasteiger partial charge is 0.327 e. The molecule has 3 amide bonds. The van der Waals surface area contributed by atoms with Gasteiger partial charge in [0, 0.05) is 19.5 Å². The highest BCUT2D eigenvalue weighted by Crippen LogP contribution is 2.41. The highest BCUT2D eigenvalue weighted by atomic mass is 32.2. The predicted molar refractivity (Wildman–Crippen MR) is 122 cm³/mol. The molecular formula is C25H28F2N2O2S. The molecule has 0 aromatic heterocycles. The third-order valence-electron chi connectivity index (χ3n) is 6.81. The van der Waals surface area contributed by atoms with E-state index in [2.05, 4.69) is 0 Å². The first-order chi connectivity index (χ1) is 15.4. The Bertz CT molecular complexity index is 961. The quantitative estimate of drug-likeness (QED) is 0.585. The summed E-state index contributed by atoms with van der Waals surface area (Å²) in [5.41, 5.74) is 1.39. The molecule has 0 radical (unpaired) electrons. The first-order valence-corrected chi connectivity index (χ1v) is 12.2. The van der Waals surface area contributed by atoms with Crippen molar-refractivity contribution >= 4 is 23.7 Å². The Kier molecular flexibility index (Phi) is 6.84. The molecule has 0 N–H and O–H groups in total. The molecule has 2 fully saturated rings. The molecule has 2 heterocycles. The lowest BCUT2D eigenvalue weighted by Crippen LogP contribution is -2.38. The standard InChI is InChI=1S/C25H28F2N2O2S/c1-16-24(18-6-4-3-5-7-18)29(25(31)28(16)2)23(30)15-22(17-8-10-32-11-9-17)19-12-20(26)14-21(27)13-19/h3-7,12-14,16-17,22,24H,8-11,15H2,1-2H3/t16-,22+,24-/m0/s1. The molecule has 3 atom stereocenters. The molecule has 4 nitrogen and oxygen atoms in total.